The number of aryl methyl sites for hydroxylation is 2. The maximum atomic E-state index is 12.5. The van der Waals surface area contributed by atoms with E-state index >= 15 is 0 Å². The summed E-state index contributed by atoms with van der Waals surface area (Å²) < 4.78 is 24.3. The summed E-state index contributed by atoms with van der Waals surface area (Å²) in [5.41, 5.74) is 9.60. The minimum absolute atomic E-state index is 0.238. The van der Waals surface area contributed by atoms with Crippen LogP contribution in [-0.4, -0.2) is 24.6 Å². The Hall–Kier alpha value is -2.32. The van der Waals surface area contributed by atoms with Crippen LogP contribution in [0.25, 0.3) is 10.2 Å². The van der Waals surface area contributed by atoms with Crippen LogP contribution in [0.4, 0.5) is 5.69 Å². The standard InChI is InChI=1S/C19H23N3O3S2/c1-10(2)27(24,25)14-7-5-13(6-8-14)9-21-18(23)17-16(20)15-11(3)12(4)22-19(15)26-17/h5-8,10,22H,9,20H2,1-4H3,(H,21,23). The fourth-order valence-corrected chi connectivity index (χ4v) is 5.07. The zero-order chi connectivity index (χ0) is 19.9. The Kier molecular flexibility index (Phi) is 5.05. The van der Waals surface area contributed by atoms with E-state index in [0.29, 0.717) is 17.1 Å². The number of sulfone groups is 1. The number of aromatic nitrogens is 1. The van der Waals surface area contributed by atoms with Gasteiger partial charge in [-0.15, -0.1) is 11.3 Å². The van der Waals surface area contributed by atoms with Gasteiger partial charge in [0.1, 0.15) is 9.71 Å². The van der Waals surface area contributed by atoms with E-state index in [2.05, 4.69) is 10.3 Å². The van der Waals surface area contributed by atoms with E-state index in [0.717, 1.165) is 27.0 Å². The Balaban J connectivity index is 1.74. The molecule has 8 heteroatoms. The van der Waals surface area contributed by atoms with Crippen molar-refractivity contribution in [3.63, 3.8) is 0 Å². The first kappa shape index (κ1) is 19.4. The molecule has 0 atom stereocenters. The topological polar surface area (TPSA) is 105 Å². The second-order valence-electron chi connectivity index (χ2n) is 6.84. The van der Waals surface area contributed by atoms with Crippen LogP contribution in [0, 0.1) is 13.8 Å². The lowest BCUT2D eigenvalue weighted by molar-refractivity contribution is 0.0956. The van der Waals surface area contributed by atoms with E-state index in [1.54, 1.807) is 38.1 Å². The SMILES string of the molecule is Cc1[nH]c2sc(C(=O)NCc3ccc(S(=O)(=O)C(C)C)cc3)c(N)c2c1C. The van der Waals surface area contributed by atoms with Gasteiger partial charge in [0.25, 0.3) is 5.91 Å². The van der Waals surface area contributed by atoms with E-state index in [1.807, 2.05) is 13.8 Å². The number of amides is 1. The summed E-state index contributed by atoms with van der Waals surface area (Å²) in [5.74, 6) is -0.238. The third-order valence-corrected chi connectivity index (χ3v) is 8.01. The molecule has 0 unspecified atom stereocenters. The van der Waals surface area contributed by atoms with Crippen LogP contribution in [0.1, 0.15) is 40.3 Å². The monoisotopic (exact) mass is 405 g/mol. The number of fused-ring (bicyclic) bond motifs is 1. The van der Waals surface area contributed by atoms with Crippen molar-refractivity contribution in [1.82, 2.24) is 10.3 Å². The van der Waals surface area contributed by atoms with Crippen molar-refractivity contribution in [2.45, 2.75) is 44.4 Å². The minimum atomic E-state index is -3.30. The Bertz CT molecular complexity index is 1110. The minimum Gasteiger partial charge on any atom is -0.397 e. The number of nitrogens with two attached hydrogens (primary N) is 1. The van der Waals surface area contributed by atoms with Crippen molar-refractivity contribution < 1.29 is 13.2 Å². The molecule has 0 bridgehead atoms. The van der Waals surface area contributed by atoms with E-state index in [1.165, 1.54) is 11.3 Å². The average molecular weight is 406 g/mol. The highest BCUT2D eigenvalue weighted by molar-refractivity contribution is 7.92. The van der Waals surface area contributed by atoms with Crippen molar-refractivity contribution in [2.75, 3.05) is 5.73 Å². The molecule has 0 aliphatic heterocycles. The fraction of sp³-hybridized carbons (Fsp3) is 0.316. The van der Waals surface area contributed by atoms with Crippen molar-refractivity contribution in [2.24, 2.45) is 0 Å². The summed E-state index contributed by atoms with van der Waals surface area (Å²) in [4.78, 5) is 17.4. The van der Waals surface area contributed by atoms with Crippen molar-refractivity contribution in [1.29, 1.82) is 0 Å². The molecule has 3 rings (SSSR count). The third kappa shape index (κ3) is 3.46. The van der Waals surface area contributed by atoms with Gasteiger partial charge < -0.3 is 16.0 Å². The first-order valence-corrected chi connectivity index (χ1v) is 11.0. The zero-order valence-electron chi connectivity index (χ0n) is 15.7. The highest BCUT2D eigenvalue weighted by Gasteiger charge is 2.21. The number of anilines is 1. The second-order valence-corrected chi connectivity index (χ2v) is 10.4. The van der Waals surface area contributed by atoms with Crippen LogP contribution >= 0.6 is 11.3 Å². The Morgan fingerprint density at radius 3 is 2.41 bits per heavy atom. The predicted molar refractivity (Wildman–Crippen MR) is 110 cm³/mol. The van der Waals surface area contributed by atoms with Gasteiger partial charge in [-0.2, -0.15) is 0 Å². The molecule has 0 aliphatic rings. The normalized spacial score (nSPS) is 12.0. The van der Waals surface area contributed by atoms with Gasteiger partial charge >= 0.3 is 0 Å². The quantitative estimate of drug-likeness (QED) is 0.604. The van der Waals surface area contributed by atoms with Gasteiger partial charge in [-0.25, -0.2) is 8.42 Å². The maximum absolute atomic E-state index is 12.5. The van der Waals surface area contributed by atoms with Crippen LogP contribution in [-0.2, 0) is 16.4 Å². The Labute approximate surface area is 162 Å². The largest absolute Gasteiger partial charge is 0.397 e. The number of benzene rings is 1. The van der Waals surface area contributed by atoms with Crippen molar-refractivity contribution in [3.8, 4) is 0 Å². The van der Waals surface area contributed by atoms with Crippen LogP contribution < -0.4 is 11.1 Å². The van der Waals surface area contributed by atoms with Crippen LogP contribution in [0.2, 0.25) is 0 Å². The highest BCUT2D eigenvalue weighted by Crippen LogP contribution is 2.36. The molecule has 1 amide bonds. The predicted octanol–water partition coefficient (Wildman–Crippen LogP) is 3.54. The van der Waals surface area contributed by atoms with Gasteiger partial charge in [-0.1, -0.05) is 12.1 Å². The molecule has 0 saturated carbocycles. The summed E-state index contributed by atoms with van der Waals surface area (Å²) in [7, 11) is -3.30. The zero-order valence-corrected chi connectivity index (χ0v) is 17.3. The smallest absolute Gasteiger partial charge is 0.263 e. The molecule has 0 radical (unpaired) electrons. The molecule has 4 N–H and O–H groups in total. The molecule has 2 aromatic heterocycles. The van der Waals surface area contributed by atoms with Gasteiger partial charge in [0.2, 0.25) is 0 Å². The van der Waals surface area contributed by atoms with Crippen LogP contribution in [0.5, 0.6) is 0 Å². The molecular weight excluding hydrogens is 382 g/mol. The number of hydrogen-bond donors (Lipinski definition) is 3. The Morgan fingerprint density at radius 1 is 1.22 bits per heavy atom. The van der Waals surface area contributed by atoms with E-state index in [9.17, 15) is 13.2 Å². The summed E-state index contributed by atoms with van der Waals surface area (Å²) in [6.07, 6.45) is 0. The van der Waals surface area contributed by atoms with Crippen molar-refractivity contribution in [3.05, 3.63) is 46.0 Å². The van der Waals surface area contributed by atoms with Crippen LogP contribution in [0.3, 0.4) is 0 Å². The number of nitrogens with one attached hydrogen (secondary N) is 2. The third-order valence-electron chi connectivity index (χ3n) is 4.72. The summed E-state index contributed by atoms with van der Waals surface area (Å²) >= 11 is 1.34. The fourth-order valence-electron chi connectivity index (χ4n) is 2.86. The molecule has 1 aromatic carbocycles. The first-order chi connectivity index (χ1) is 12.6. The summed E-state index contributed by atoms with van der Waals surface area (Å²) in [5, 5.41) is 3.29. The number of carbonyl (C=O) groups excluding carboxylic acids is 1. The number of hydrogen-bond acceptors (Lipinski definition) is 5. The molecule has 144 valence electrons. The maximum Gasteiger partial charge on any atom is 0.263 e. The van der Waals surface area contributed by atoms with Gasteiger partial charge in [0.05, 0.1) is 15.8 Å². The molecule has 27 heavy (non-hydrogen) atoms. The second kappa shape index (κ2) is 7.01. The number of H-pyrrole nitrogens is 1. The van der Waals surface area contributed by atoms with Gasteiger partial charge in [0.15, 0.2) is 9.84 Å². The van der Waals surface area contributed by atoms with E-state index < -0.39 is 15.1 Å². The van der Waals surface area contributed by atoms with Gasteiger partial charge in [-0.05, 0) is 51.0 Å². The number of thiophene rings is 1. The van der Waals surface area contributed by atoms with Gasteiger partial charge in [0, 0.05) is 17.6 Å². The number of rotatable bonds is 5. The molecule has 3 aromatic rings. The van der Waals surface area contributed by atoms with Crippen molar-refractivity contribution >= 4 is 43.0 Å². The van der Waals surface area contributed by atoms with Crippen LogP contribution in [0.15, 0.2) is 29.2 Å². The lowest BCUT2D eigenvalue weighted by atomic mass is 10.2. The molecule has 6 nitrogen and oxygen atoms in total. The lowest BCUT2D eigenvalue weighted by Crippen LogP contribution is -2.22. The summed E-state index contributed by atoms with van der Waals surface area (Å²) in [6.45, 7) is 7.55. The lowest BCUT2D eigenvalue weighted by Gasteiger charge is -2.09. The number of aromatic amines is 1. The molecule has 0 spiro atoms. The number of carbonyl (C=O) groups is 1. The van der Waals surface area contributed by atoms with E-state index in [-0.39, 0.29) is 10.8 Å². The summed E-state index contributed by atoms with van der Waals surface area (Å²) in [6, 6.07) is 6.58. The highest BCUT2D eigenvalue weighted by atomic mass is 32.2. The van der Waals surface area contributed by atoms with E-state index in [4.69, 9.17) is 5.73 Å². The first-order valence-electron chi connectivity index (χ1n) is 8.61. The molecule has 0 fully saturated rings. The molecule has 0 saturated heterocycles. The van der Waals surface area contributed by atoms with Gasteiger partial charge in [-0.3, -0.25) is 4.79 Å². The Morgan fingerprint density at radius 2 is 1.85 bits per heavy atom. The molecule has 2 heterocycles. The number of nitrogen functional groups attached to an aromatic ring is 1. The average Bonchev–Trinajstić information content (AvgIpc) is 3.09. The molecule has 0 aliphatic carbocycles. The molecular formula is C19H23N3O3S2.